The van der Waals surface area contributed by atoms with E-state index >= 15 is 0 Å². The Kier molecular flexibility index (Phi) is 2.95. The first-order valence-electron chi connectivity index (χ1n) is 5.36. The number of imide groups is 1. The van der Waals surface area contributed by atoms with Gasteiger partial charge in [-0.3, -0.25) is 15.1 Å². The summed E-state index contributed by atoms with van der Waals surface area (Å²) in [6.07, 6.45) is 2.58. The van der Waals surface area contributed by atoms with Crippen molar-refractivity contribution in [2.45, 2.75) is 26.3 Å². The summed E-state index contributed by atoms with van der Waals surface area (Å²) in [6, 6.07) is 0.400. The molecule has 90 valence electrons. The molecule has 2 heterocycles. The van der Waals surface area contributed by atoms with Crippen LogP contribution < -0.4 is 10.6 Å². The zero-order chi connectivity index (χ0) is 12.4. The number of amides is 3. The van der Waals surface area contributed by atoms with E-state index in [1.54, 1.807) is 19.2 Å². The Bertz CT molecular complexity index is 490. The molecule has 0 saturated carbocycles. The van der Waals surface area contributed by atoms with Gasteiger partial charge >= 0.3 is 6.03 Å². The minimum Gasteiger partial charge on any atom is -0.461 e. The van der Waals surface area contributed by atoms with E-state index in [4.69, 9.17) is 4.42 Å². The monoisotopic (exact) mass is 235 g/mol. The minimum absolute atomic E-state index is 0.397. The highest BCUT2D eigenvalue weighted by Crippen LogP contribution is 2.28. The van der Waals surface area contributed by atoms with Gasteiger partial charge in [-0.2, -0.15) is 0 Å². The number of nitrogens with zero attached hydrogens (tertiary/aromatic N) is 1. The van der Waals surface area contributed by atoms with Gasteiger partial charge in [0.25, 0.3) is 5.91 Å². The van der Waals surface area contributed by atoms with E-state index in [1.165, 1.54) is 0 Å². The van der Waals surface area contributed by atoms with Crippen molar-refractivity contribution in [1.82, 2.24) is 10.6 Å². The maximum Gasteiger partial charge on any atom is 0.322 e. The molecule has 1 aliphatic rings. The number of furan rings is 1. The number of rotatable bonds is 3. The number of carbonyl (C=O) groups is 2. The van der Waals surface area contributed by atoms with E-state index < -0.39 is 18.0 Å². The molecule has 1 aliphatic heterocycles. The average molecular weight is 235 g/mol. The second-order valence-electron chi connectivity index (χ2n) is 3.71. The number of aliphatic imine (C=N–C) groups is 1. The SMILES string of the molecule is CCC=Nc1cc(C2NC(=O)NC2=O)oc1C. The molecule has 0 aromatic carbocycles. The van der Waals surface area contributed by atoms with Gasteiger partial charge in [-0.05, 0) is 13.3 Å². The van der Waals surface area contributed by atoms with Crippen molar-refractivity contribution < 1.29 is 14.0 Å². The maximum absolute atomic E-state index is 11.4. The van der Waals surface area contributed by atoms with Crippen molar-refractivity contribution in [3.63, 3.8) is 0 Å². The highest BCUT2D eigenvalue weighted by Gasteiger charge is 2.33. The molecule has 2 rings (SSSR count). The molecular weight excluding hydrogens is 222 g/mol. The van der Waals surface area contributed by atoms with Gasteiger partial charge in [0, 0.05) is 12.3 Å². The fourth-order valence-corrected chi connectivity index (χ4v) is 1.57. The van der Waals surface area contributed by atoms with Gasteiger partial charge in [-0.15, -0.1) is 0 Å². The van der Waals surface area contributed by atoms with Crippen LogP contribution in [-0.2, 0) is 4.79 Å². The van der Waals surface area contributed by atoms with Crippen molar-refractivity contribution in [2.24, 2.45) is 4.99 Å². The number of aryl methyl sites for hydroxylation is 1. The Labute approximate surface area is 98.1 Å². The molecule has 3 amide bonds. The van der Waals surface area contributed by atoms with Crippen LogP contribution in [0.1, 0.15) is 30.9 Å². The lowest BCUT2D eigenvalue weighted by Gasteiger charge is -2.01. The van der Waals surface area contributed by atoms with Gasteiger partial charge in [0.1, 0.15) is 17.2 Å². The van der Waals surface area contributed by atoms with Crippen LogP contribution in [0.5, 0.6) is 0 Å². The summed E-state index contributed by atoms with van der Waals surface area (Å²) in [7, 11) is 0. The first-order chi connectivity index (χ1) is 8.11. The van der Waals surface area contributed by atoms with Crippen LogP contribution in [-0.4, -0.2) is 18.2 Å². The predicted molar refractivity (Wildman–Crippen MR) is 61.3 cm³/mol. The van der Waals surface area contributed by atoms with Crippen molar-refractivity contribution in [2.75, 3.05) is 0 Å². The Morgan fingerprint density at radius 2 is 2.29 bits per heavy atom. The second-order valence-corrected chi connectivity index (χ2v) is 3.71. The van der Waals surface area contributed by atoms with E-state index in [2.05, 4.69) is 15.6 Å². The van der Waals surface area contributed by atoms with E-state index in [1.807, 2.05) is 6.92 Å². The summed E-state index contributed by atoms with van der Waals surface area (Å²) < 4.78 is 5.43. The third kappa shape index (κ3) is 2.20. The van der Waals surface area contributed by atoms with Crippen LogP contribution in [0.3, 0.4) is 0 Å². The van der Waals surface area contributed by atoms with Crippen LogP contribution in [0.25, 0.3) is 0 Å². The number of nitrogens with one attached hydrogen (secondary N) is 2. The van der Waals surface area contributed by atoms with Gasteiger partial charge in [-0.25, -0.2) is 4.79 Å². The normalized spacial score (nSPS) is 19.8. The first kappa shape index (κ1) is 11.4. The molecule has 0 spiro atoms. The quantitative estimate of drug-likeness (QED) is 0.616. The third-order valence-corrected chi connectivity index (χ3v) is 2.38. The van der Waals surface area contributed by atoms with Gasteiger partial charge in [0.05, 0.1) is 0 Å². The molecule has 0 radical (unpaired) electrons. The van der Waals surface area contributed by atoms with Gasteiger partial charge in [0.2, 0.25) is 0 Å². The number of urea groups is 1. The van der Waals surface area contributed by atoms with Crippen LogP contribution in [0.2, 0.25) is 0 Å². The Balaban J connectivity index is 2.25. The summed E-state index contributed by atoms with van der Waals surface area (Å²) in [5, 5.41) is 4.62. The smallest absolute Gasteiger partial charge is 0.322 e. The summed E-state index contributed by atoms with van der Waals surface area (Å²) >= 11 is 0. The van der Waals surface area contributed by atoms with E-state index in [0.717, 1.165) is 6.42 Å². The standard InChI is InChI=1S/C11H13N3O3/c1-3-4-12-7-5-8(17-6(7)2)9-10(15)14-11(16)13-9/h4-5,9H,3H2,1-2H3,(H2,13,14,15,16). The van der Waals surface area contributed by atoms with Crippen molar-refractivity contribution in [3.8, 4) is 0 Å². The molecule has 17 heavy (non-hydrogen) atoms. The first-order valence-corrected chi connectivity index (χ1v) is 5.36. The molecule has 1 unspecified atom stereocenters. The minimum atomic E-state index is -0.758. The summed E-state index contributed by atoms with van der Waals surface area (Å²) in [5.41, 5.74) is 0.677. The van der Waals surface area contributed by atoms with Gasteiger partial charge in [0.15, 0.2) is 6.04 Å². The maximum atomic E-state index is 11.4. The summed E-state index contributed by atoms with van der Waals surface area (Å²) in [5.74, 6) is 0.613. The van der Waals surface area contributed by atoms with Crippen molar-refractivity contribution in [3.05, 3.63) is 17.6 Å². The molecule has 1 saturated heterocycles. The Morgan fingerprint density at radius 1 is 1.53 bits per heavy atom. The highest BCUT2D eigenvalue weighted by atomic mass is 16.3. The van der Waals surface area contributed by atoms with Gasteiger partial charge < -0.3 is 9.73 Å². The number of hydrogen-bond donors (Lipinski definition) is 2. The van der Waals surface area contributed by atoms with Crippen LogP contribution >= 0.6 is 0 Å². The molecule has 2 N–H and O–H groups in total. The summed E-state index contributed by atoms with van der Waals surface area (Å²) in [6.45, 7) is 3.74. The fourth-order valence-electron chi connectivity index (χ4n) is 1.57. The third-order valence-electron chi connectivity index (χ3n) is 2.38. The summed E-state index contributed by atoms with van der Waals surface area (Å²) in [4.78, 5) is 26.6. The largest absolute Gasteiger partial charge is 0.461 e. The fraction of sp³-hybridized carbons (Fsp3) is 0.364. The molecule has 0 aliphatic carbocycles. The Hall–Kier alpha value is -2.11. The molecule has 1 aromatic rings. The molecular formula is C11H13N3O3. The van der Waals surface area contributed by atoms with Crippen molar-refractivity contribution >= 4 is 23.8 Å². The van der Waals surface area contributed by atoms with E-state index in [0.29, 0.717) is 17.2 Å². The lowest BCUT2D eigenvalue weighted by Crippen LogP contribution is -2.22. The zero-order valence-corrected chi connectivity index (χ0v) is 9.61. The molecule has 6 heteroatoms. The highest BCUT2D eigenvalue weighted by molar-refractivity contribution is 6.04. The van der Waals surface area contributed by atoms with Gasteiger partial charge in [-0.1, -0.05) is 6.92 Å². The van der Waals surface area contributed by atoms with E-state index in [-0.39, 0.29) is 0 Å². The van der Waals surface area contributed by atoms with Crippen LogP contribution in [0.15, 0.2) is 15.5 Å². The molecule has 1 fully saturated rings. The Morgan fingerprint density at radius 3 is 2.88 bits per heavy atom. The molecule has 1 aromatic heterocycles. The van der Waals surface area contributed by atoms with Crippen molar-refractivity contribution in [1.29, 1.82) is 0 Å². The lowest BCUT2D eigenvalue weighted by molar-refractivity contribution is -0.120. The second kappa shape index (κ2) is 4.40. The predicted octanol–water partition coefficient (Wildman–Crippen LogP) is 1.58. The van der Waals surface area contributed by atoms with E-state index in [9.17, 15) is 9.59 Å². The molecule has 0 bridgehead atoms. The zero-order valence-electron chi connectivity index (χ0n) is 9.61. The van der Waals surface area contributed by atoms with Crippen LogP contribution in [0, 0.1) is 6.92 Å². The topological polar surface area (TPSA) is 83.7 Å². The number of carbonyl (C=O) groups excluding carboxylic acids is 2. The molecule has 6 nitrogen and oxygen atoms in total. The van der Waals surface area contributed by atoms with Crippen LogP contribution in [0.4, 0.5) is 10.5 Å². The average Bonchev–Trinajstić information content (AvgIpc) is 2.79. The lowest BCUT2D eigenvalue weighted by atomic mass is 10.2. The number of hydrogen-bond acceptors (Lipinski definition) is 4. The molecule has 1 atom stereocenters.